The first-order valence-electron chi connectivity index (χ1n) is 5.67. The lowest BCUT2D eigenvalue weighted by Crippen LogP contribution is -2.14. The summed E-state index contributed by atoms with van der Waals surface area (Å²) < 4.78 is 40.4. The fourth-order valence-electron chi connectivity index (χ4n) is 1.58. The molecule has 0 aromatic heterocycles. The highest BCUT2D eigenvalue weighted by atomic mass is 79.9. The van der Waals surface area contributed by atoms with Crippen LogP contribution in [-0.4, -0.2) is 13.4 Å². The van der Waals surface area contributed by atoms with Crippen LogP contribution in [-0.2, 0) is 10.0 Å². The molecule has 3 N–H and O–H groups in total. The van der Waals surface area contributed by atoms with Gasteiger partial charge in [0.1, 0.15) is 10.8 Å². The maximum absolute atomic E-state index is 13.2. The van der Waals surface area contributed by atoms with Crippen molar-refractivity contribution in [1.29, 1.82) is 0 Å². The summed E-state index contributed by atoms with van der Waals surface area (Å²) >= 11 is 7.96. The highest BCUT2D eigenvalue weighted by Crippen LogP contribution is 2.25. The number of nitrogens with one attached hydrogen (secondary N) is 1. The molecule has 2 aromatic rings. The normalized spacial score (nSPS) is 11.1. The predicted octanol–water partition coefficient (Wildman–Crippen LogP) is 3.02. The summed E-state index contributed by atoms with van der Waals surface area (Å²) in [7, 11) is -3.83. The van der Waals surface area contributed by atoms with Gasteiger partial charge in [0.15, 0.2) is 0 Å². The predicted molar refractivity (Wildman–Crippen MR) is 87.2 cm³/mol. The van der Waals surface area contributed by atoms with E-state index in [-0.39, 0.29) is 15.6 Å². The summed E-state index contributed by atoms with van der Waals surface area (Å²) in [5.74, 6) is -0.542. The number of anilines is 1. The molecule has 0 aliphatic carbocycles. The fourth-order valence-corrected chi connectivity index (χ4v) is 3.26. The van der Waals surface area contributed by atoms with E-state index >= 15 is 0 Å². The quantitative estimate of drug-likeness (QED) is 0.789. The van der Waals surface area contributed by atoms with Crippen molar-refractivity contribution >= 4 is 48.8 Å². The standard InChI is InChI=1S/C13H10BrFN2O2S2/c14-11-6-3-9(15)7-12(11)17-21(18,19)10-4-1-8(2-5-10)13(16)20/h1-7,17H,(H2,16,20). The summed E-state index contributed by atoms with van der Waals surface area (Å²) in [6.45, 7) is 0. The van der Waals surface area contributed by atoms with Gasteiger partial charge in [-0.15, -0.1) is 0 Å². The molecule has 21 heavy (non-hydrogen) atoms. The van der Waals surface area contributed by atoms with E-state index in [0.29, 0.717) is 10.0 Å². The largest absolute Gasteiger partial charge is 0.389 e. The maximum atomic E-state index is 13.2. The van der Waals surface area contributed by atoms with Gasteiger partial charge in [-0.3, -0.25) is 4.72 Å². The molecule has 0 spiro atoms. The number of benzene rings is 2. The van der Waals surface area contributed by atoms with Crippen molar-refractivity contribution in [2.75, 3.05) is 4.72 Å². The minimum atomic E-state index is -3.83. The fraction of sp³-hybridized carbons (Fsp3) is 0. The Balaban J connectivity index is 2.34. The second-order valence-corrected chi connectivity index (χ2v) is 7.09. The summed E-state index contributed by atoms with van der Waals surface area (Å²) in [4.78, 5) is 0.207. The van der Waals surface area contributed by atoms with Crippen molar-refractivity contribution in [3.63, 3.8) is 0 Å². The molecule has 2 aromatic carbocycles. The molecule has 4 nitrogen and oxygen atoms in total. The van der Waals surface area contributed by atoms with Crippen LogP contribution < -0.4 is 10.5 Å². The van der Waals surface area contributed by atoms with Crippen LogP contribution in [0, 0.1) is 5.82 Å². The number of halogens is 2. The summed E-state index contributed by atoms with van der Waals surface area (Å²) in [5, 5.41) is 0. The van der Waals surface area contributed by atoms with E-state index in [0.717, 1.165) is 6.07 Å². The topological polar surface area (TPSA) is 72.2 Å². The molecule has 0 fully saturated rings. The monoisotopic (exact) mass is 388 g/mol. The highest BCUT2D eigenvalue weighted by molar-refractivity contribution is 9.10. The number of hydrogen-bond donors (Lipinski definition) is 2. The molecule has 110 valence electrons. The minimum Gasteiger partial charge on any atom is -0.389 e. The summed E-state index contributed by atoms with van der Waals surface area (Å²) in [5.41, 5.74) is 6.14. The Morgan fingerprint density at radius 3 is 2.38 bits per heavy atom. The van der Waals surface area contributed by atoms with Crippen molar-refractivity contribution in [3.05, 3.63) is 58.3 Å². The molecule has 0 saturated heterocycles. The van der Waals surface area contributed by atoms with E-state index < -0.39 is 15.8 Å². The zero-order chi connectivity index (χ0) is 15.6. The third kappa shape index (κ3) is 3.78. The van der Waals surface area contributed by atoms with Gasteiger partial charge in [-0.05, 0) is 46.3 Å². The molecule has 8 heteroatoms. The SMILES string of the molecule is NC(=S)c1ccc(S(=O)(=O)Nc2cc(F)ccc2Br)cc1. The number of thiocarbonyl (C=S) groups is 1. The van der Waals surface area contributed by atoms with Crippen LogP contribution in [0.5, 0.6) is 0 Å². The Labute approximate surface area is 135 Å². The molecule has 0 aliphatic rings. The van der Waals surface area contributed by atoms with Crippen LogP contribution in [0.4, 0.5) is 10.1 Å². The molecule has 0 atom stereocenters. The van der Waals surface area contributed by atoms with Gasteiger partial charge in [-0.2, -0.15) is 0 Å². The van der Waals surface area contributed by atoms with Crippen LogP contribution in [0.1, 0.15) is 5.56 Å². The van der Waals surface area contributed by atoms with Gasteiger partial charge in [-0.25, -0.2) is 12.8 Å². The van der Waals surface area contributed by atoms with Gasteiger partial charge in [-0.1, -0.05) is 24.4 Å². The molecule has 0 amide bonds. The van der Waals surface area contributed by atoms with Crippen molar-refractivity contribution in [3.8, 4) is 0 Å². The van der Waals surface area contributed by atoms with E-state index in [9.17, 15) is 12.8 Å². The molecule has 2 rings (SSSR count). The van der Waals surface area contributed by atoms with Crippen molar-refractivity contribution < 1.29 is 12.8 Å². The average Bonchev–Trinajstić information content (AvgIpc) is 2.43. The zero-order valence-electron chi connectivity index (χ0n) is 10.5. The van der Waals surface area contributed by atoms with Gasteiger partial charge in [0, 0.05) is 10.0 Å². The molecule has 0 bridgehead atoms. The minimum absolute atomic E-state index is 0.0265. The van der Waals surface area contributed by atoms with Crippen molar-refractivity contribution in [1.82, 2.24) is 0 Å². The first-order valence-corrected chi connectivity index (χ1v) is 8.36. The molecular formula is C13H10BrFN2O2S2. The van der Waals surface area contributed by atoms with E-state index in [1.54, 1.807) is 0 Å². The molecule has 0 saturated carbocycles. The van der Waals surface area contributed by atoms with Gasteiger partial charge in [0.2, 0.25) is 0 Å². The van der Waals surface area contributed by atoms with E-state index in [1.165, 1.54) is 36.4 Å². The van der Waals surface area contributed by atoms with Crippen LogP contribution in [0.25, 0.3) is 0 Å². The van der Waals surface area contributed by atoms with Crippen molar-refractivity contribution in [2.24, 2.45) is 5.73 Å². The molecular weight excluding hydrogens is 379 g/mol. The van der Waals surface area contributed by atoms with Gasteiger partial charge in [0.25, 0.3) is 10.0 Å². The number of hydrogen-bond acceptors (Lipinski definition) is 3. The molecule has 0 heterocycles. The van der Waals surface area contributed by atoms with E-state index in [2.05, 4.69) is 20.7 Å². The average molecular weight is 389 g/mol. The lowest BCUT2D eigenvalue weighted by molar-refractivity contribution is 0.601. The van der Waals surface area contributed by atoms with Crippen LogP contribution in [0.15, 0.2) is 51.8 Å². The van der Waals surface area contributed by atoms with Gasteiger partial charge >= 0.3 is 0 Å². The Morgan fingerprint density at radius 1 is 1.19 bits per heavy atom. The molecule has 0 radical (unpaired) electrons. The molecule has 0 unspecified atom stereocenters. The second kappa shape index (κ2) is 6.08. The van der Waals surface area contributed by atoms with Crippen LogP contribution >= 0.6 is 28.1 Å². The number of rotatable bonds is 4. The third-order valence-corrected chi connectivity index (χ3v) is 4.93. The van der Waals surface area contributed by atoms with Gasteiger partial charge in [0.05, 0.1) is 10.6 Å². The highest BCUT2D eigenvalue weighted by Gasteiger charge is 2.16. The Hall–Kier alpha value is -1.51. The summed E-state index contributed by atoms with van der Waals surface area (Å²) in [6, 6.07) is 9.51. The number of nitrogens with two attached hydrogens (primary N) is 1. The Kier molecular flexibility index (Phi) is 4.60. The lowest BCUT2D eigenvalue weighted by atomic mass is 10.2. The number of sulfonamides is 1. The summed E-state index contributed by atoms with van der Waals surface area (Å²) in [6.07, 6.45) is 0. The van der Waals surface area contributed by atoms with E-state index in [1.807, 2.05) is 0 Å². The van der Waals surface area contributed by atoms with Gasteiger partial charge < -0.3 is 5.73 Å². The van der Waals surface area contributed by atoms with Crippen molar-refractivity contribution in [2.45, 2.75) is 4.90 Å². The second-order valence-electron chi connectivity index (χ2n) is 4.12. The maximum Gasteiger partial charge on any atom is 0.261 e. The van der Waals surface area contributed by atoms with Crippen LogP contribution in [0.3, 0.4) is 0 Å². The first kappa shape index (κ1) is 15.9. The lowest BCUT2D eigenvalue weighted by Gasteiger charge is -2.10. The Morgan fingerprint density at radius 2 is 1.81 bits per heavy atom. The Bertz CT molecular complexity index is 792. The van der Waals surface area contributed by atoms with Crippen LogP contribution in [0.2, 0.25) is 0 Å². The molecule has 0 aliphatic heterocycles. The smallest absolute Gasteiger partial charge is 0.261 e. The third-order valence-electron chi connectivity index (χ3n) is 2.62. The zero-order valence-corrected chi connectivity index (χ0v) is 13.7. The first-order chi connectivity index (χ1) is 9.79. The van der Waals surface area contributed by atoms with E-state index in [4.69, 9.17) is 18.0 Å².